The molecule has 2 atom stereocenters. The summed E-state index contributed by atoms with van der Waals surface area (Å²) in [6.07, 6.45) is 0.0259. The monoisotopic (exact) mass is 700 g/mol. The van der Waals surface area contributed by atoms with Crippen molar-refractivity contribution in [3.63, 3.8) is 0 Å². The molecule has 7 rings (SSSR count). The Hall–Kier alpha value is -6.07. The van der Waals surface area contributed by atoms with Crippen LogP contribution in [0, 0.1) is 5.92 Å². The summed E-state index contributed by atoms with van der Waals surface area (Å²) in [5.74, 6) is -2.04. The summed E-state index contributed by atoms with van der Waals surface area (Å²) in [4.78, 5) is 62.5. The van der Waals surface area contributed by atoms with E-state index in [4.69, 9.17) is 23.6 Å². The zero-order valence-electron chi connectivity index (χ0n) is 27.9. The molecule has 0 N–H and O–H groups in total. The number of fused-ring (bicyclic) bond motifs is 1. The highest BCUT2D eigenvalue weighted by Crippen LogP contribution is 2.55. The molecular weight excluding hydrogens is 669 g/mol. The molecule has 0 radical (unpaired) electrons. The summed E-state index contributed by atoms with van der Waals surface area (Å²) in [7, 11) is 4.15. The van der Waals surface area contributed by atoms with E-state index in [1.165, 1.54) is 20.3 Å². The molecule has 3 heterocycles. The van der Waals surface area contributed by atoms with E-state index in [0.717, 1.165) is 11.3 Å². The van der Waals surface area contributed by atoms with Crippen LogP contribution in [0.15, 0.2) is 124 Å². The van der Waals surface area contributed by atoms with Crippen molar-refractivity contribution in [2.24, 2.45) is 5.92 Å². The molecule has 6 aromatic rings. The summed E-state index contributed by atoms with van der Waals surface area (Å²) in [6, 6.07) is 33.1. The molecule has 2 aromatic heterocycles. The summed E-state index contributed by atoms with van der Waals surface area (Å²) in [6.45, 7) is 0. The number of thiazole rings is 1. The molecule has 51 heavy (non-hydrogen) atoms. The van der Waals surface area contributed by atoms with Gasteiger partial charge in [-0.3, -0.25) is 9.59 Å². The van der Waals surface area contributed by atoms with Gasteiger partial charge in [0.15, 0.2) is 5.13 Å². The van der Waals surface area contributed by atoms with Crippen LogP contribution in [0.1, 0.15) is 32.8 Å². The average molecular weight is 701 g/mol. The van der Waals surface area contributed by atoms with Crippen LogP contribution in [0.3, 0.4) is 0 Å². The molecule has 1 fully saturated rings. The van der Waals surface area contributed by atoms with E-state index in [-0.39, 0.29) is 27.7 Å². The van der Waals surface area contributed by atoms with Crippen LogP contribution >= 0.6 is 11.3 Å². The third-order valence-corrected chi connectivity index (χ3v) is 10.4. The second kappa shape index (κ2) is 13.7. The molecule has 1 saturated heterocycles. The van der Waals surface area contributed by atoms with Gasteiger partial charge in [0.1, 0.15) is 33.4 Å². The van der Waals surface area contributed by atoms with Crippen molar-refractivity contribution >= 4 is 45.2 Å². The molecule has 0 saturated carbocycles. The third kappa shape index (κ3) is 5.65. The fourth-order valence-electron chi connectivity index (χ4n) is 7.03. The minimum Gasteiger partial charge on any atom is -0.497 e. The van der Waals surface area contributed by atoms with Crippen molar-refractivity contribution in [1.29, 1.82) is 0 Å². The van der Waals surface area contributed by atoms with Crippen LogP contribution in [0.5, 0.6) is 5.75 Å². The number of para-hydroxylation sites is 1. The fraction of sp³-hybridized carbons (Fsp3) is 0.175. The SMILES string of the molecule is COC(=O)[C@H]1C[C@@H](C(=O)OC)C(c2ccccc2)(c2ccccc2)N1c1nc(-c2ccc(OC)cc2)c(C(=O)c2cc3ccccc3oc2=O)s1. The molecule has 10 nitrogen and oxygen atoms in total. The Balaban J connectivity index is 1.53. The lowest BCUT2D eigenvalue weighted by molar-refractivity contribution is -0.147. The van der Waals surface area contributed by atoms with E-state index in [0.29, 0.717) is 33.4 Å². The van der Waals surface area contributed by atoms with Gasteiger partial charge in [0, 0.05) is 10.9 Å². The number of carbonyl (C=O) groups excluding carboxylic acids is 3. The normalized spacial score (nSPS) is 16.5. The molecule has 0 unspecified atom stereocenters. The molecule has 11 heteroatoms. The Morgan fingerprint density at radius 2 is 1.41 bits per heavy atom. The zero-order valence-corrected chi connectivity index (χ0v) is 28.7. The highest BCUT2D eigenvalue weighted by atomic mass is 32.1. The Bertz CT molecular complexity index is 2260. The number of rotatable bonds is 9. The van der Waals surface area contributed by atoms with Crippen LogP contribution < -0.4 is 15.3 Å². The molecule has 0 bridgehead atoms. The standard InChI is InChI=1S/C40H32N2O8S/c1-47-28-20-18-24(19-21-28)33-35(34(43)29-22-25-12-10-11-17-32(25)50-36(29)44)51-39(41-33)42-31(38(46)49-3)23-30(37(45)48-2)40(42,26-13-6-4-7-14-26)27-15-8-5-9-16-27/h4-22,30-31H,23H2,1-3H3/t30-,31+/m0/s1. The summed E-state index contributed by atoms with van der Waals surface area (Å²) >= 11 is 1.02. The van der Waals surface area contributed by atoms with E-state index in [9.17, 15) is 19.2 Å². The topological polar surface area (TPSA) is 125 Å². The number of esters is 2. The highest BCUT2D eigenvalue weighted by molar-refractivity contribution is 7.18. The maximum Gasteiger partial charge on any atom is 0.347 e. The van der Waals surface area contributed by atoms with Crippen LogP contribution in [-0.4, -0.2) is 50.1 Å². The van der Waals surface area contributed by atoms with Gasteiger partial charge in [-0.05, 0) is 53.9 Å². The number of methoxy groups -OCH3 is 3. The number of anilines is 1. The number of ketones is 1. The number of benzene rings is 4. The number of nitrogens with zero attached hydrogens (tertiary/aromatic N) is 2. The maximum absolute atomic E-state index is 14.5. The molecule has 256 valence electrons. The first-order valence-electron chi connectivity index (χ1n) is 16.1. The molecule has 0 aliphatic carbocycles. The average Bonchev–Trinajstić information content (AvgIpc) is 3.78. The molecule has 1 aliphatic heterocycles. The van der Waals surface area contributed by atoms with Gasteiger partial charge in [0.25, 0.3) is 0 Å². The first kappa shape index (κ1) is 33.4. The number of aromatic nitrogens is 1. The number of hydrogen-bond acceptors (Lipinski definition) is 11. The molecule has 4 aromatic carbocycles. The largest absolute Gasteiger partial charge is 0.497 e. The van der Waals surface area contributed by atoms with Crippen LogP contribution in [0.4, 0.5) is 5.13 Å². The molecular formula is C40H32N2O8S. The van der Waals surface area contributed by atoms with Gasteiger partial charge in [0.05, 0.1) is 32.9 Å². The van der Waals surface area contributed by atoms with Gasteiger partial charge in [-0.2, -0.15) is 0 Å². The van der Waals surface area contributed by atoms with Gasteiger partial charge in [-0.15, -0.1) is 0 Å². The highest BCUT2D eigenvalue weighted by Gasteiger charge is 2.62. The third-order valence-electron chi connectivity index (χ3n) is 9.32. The quantitative estimate of drug-likeness (QED) is 0.0921. The molecule has 0 spiro atoms. The lowest BCUT2D eigenvalue weighted by Crippen LogP contribution is -2.52. The molecule has 0 amide bonds. The van der Waals surface area contributed by atoms with Crippen molar-refractivity contribution < 1.29 is 33.0 Å². The smallest absolute Gasteiger partial charge is 0.347 e. The summed E-state index contributed by atoms with van der Waals surface area (Å²) < 4.78 is 21.7. The minimum absolute atomic E-state index is 0.0259. The Labute approximate surface area is 296 Å². The van der Waals surface area contributed by atoms with E-state index < -0.39 is 40.8 Å². The number of ether oxygens (including phenoxy) is 3. The van der Waals surface area contributed by atoms with Crippen molar-refractivity contribution in [2.45, 2.75) is 18.0 Å². The second-order valence-corrected chi connectivity index (χ2v) is 12.9. The first-order chi connectivity index (χ1) is 24.8. The Kier molecular flexibility index (Phi) is 8.97. The predicted octanol–water partition coefficient (Wildman–Crippen LogP) is 6.64. The zero-order chi connectivity index (χ0) is 35.7. The van der Waals surface area contributed by atoms with E-state index >= 15 is 0 Å². The first-order valence-corrected chi connectivity index (χ1v) is 16.9. The van der Waals surface area contributed by atoms with Gasteiger partial charge in [-0.25, -0.2) is 14.6 Å². The fourth-order valence-corrected chi connectivity index (χ4v) is 8.18. The summed E-state index contributed by atoms with van der Waals surface area (Å²) in [5.41, 5.74) is 0.272. The molecule has 1 aliphatic rings. The second-order valence-electron chi connectivity index (χ2n) is 11.9. The number of carbonyl (C=O) groups is 3. The lowest BCUT2D eigenvalue weighted by Gasteiger charge is -2.43. The van der Waals surface area contributed by atoms with E-state index in [2.05, 4.69) is 0 Å². The van der Waals surface area contributed by atoms with Gasteiger partial charge in [-0.1, -0.05) is 90.2 Å². The van der Waals surface area contributed by atoms with Crippen molar-refractivity contribution in [3.8, 4) is 17.0 Å². The van der Waals surface area contributed by atoms with E-state index in [1.54, 1.807) is 60.5 Å². The lowest BCUT2D eigenvalue weighted by atomic mass is 9.73. The maximum atomic E-state index is 14.5. The number of hydrogen-bond donors (Lipinski definition) is 0. The van der Waals surface area contributed by atoms with Gasteiger partial charge < -0.3 is 23.5 Å². The van der Waals surface area contributed by atoms with Crippen molar-refractivity contribution in [3.05, 3.63) is 147 Å². The van der Waals surface area contributed by atoms with Crippen molar-refractivity contribution in [1.82, 2.24) is 4.98 Å². The Morgan fingerprint density at radius 3 is 2.02 bits per heavy atom. The predicted molar refractivity (Wildman–Crippen MR) is 192 cm³/mol. The van der Waals surface area contributed by atoms with Gasteiger partial charge >= 0.3 is 17.6 Å². The van der Waals surface area contributed by atoms with Crippen LogP contribution in [-0.2, 0) is 24.6 Å². The summed E-state index contributed by atoms with van der Waals surface area (Å²) in [5, 5.41) is 0.832. The Morgan fingerprint density at radius 1 is 0.804 bits per heavy atom. The van der Waals surface area contributed by atoms with Crippen LogP contribution in [0.2, 0.25) is 0 Å². The van der Waals surface area contributed by atoms with Gasteiger partial charge in [0.2, 0.25) is 5.78 Å². The van der Waals surface area contributed by atoms with Crippen LogP contribution in [0.25, 0.3) is 22.2 Å². The minimum atomic E-state index is -1.34. The van der Waals surface area contributed by atoms with Crippen molar-refractivity contribution in [2.75, 3.05) is 26.2 Å². The van der Waals surface area contributed by atoms with E-state index in [1.807, 2.05) is 60.7 Å².